The molecule has 3 atom stereocenters. The number of carbonyl (C=O) groups excluding carboxylic acids is 1. The lowest BCUT2D eigenvalue weighted by atomic mass is 9.81. The van der Waals surface area contributed by atoms with Crippen LogP contribution in [0.3, 0.4) is 0 Å². The van der Waals surface area contributed by atoms with Gasteiger partial charge in [0.05, 0.1) is 5.92 Å². The summed E-state index contributed by atoms with van der Waals surface area (Å²) in [7, 11) is 0. The Morgan fingerprint density at radius 2 is 1.95 bits per heavy atom. The van der Waals surface area contributed by atoms with Gasteiger partial charge >= 0.3 is 12.1 Å². The quantitative estimate of drug-likeness (QED) is 0.736. The van der Waals surface area contributed by atoms with Crippen LogP contribution in [-0.4, -0.2) is 53.8 Å². The van der Waals surface area contributed by atoms with Crippen LogP contribution >= 0.6 is 0 Å². The van der Waals surface area contributed by atoms with Gasteiger partial charge in [-0.1, -0.05) is 0 Å². The van der Waals surface area contributed by atoms with Crippen LogP contribution in [0.2, 0.25) is 0 Å². The fraction of sp³-hybridized carbons (Fsp3) is 0.846. The van der Waals surface area contributed by atoms with Crippen LogP contribution in [0.1, 0.15) is 20.8 Å². The molecule has 0 aromatic rings. The van der Waals surface area contributed by atoms with E-state index in [0.29, 0.717) is 19.6 Å². The molecule has 2 N–H and O–H groups in total. The average Bonchev–Trinajstić information content (AvgIpc) is 2.69. The number of aliphatic carboxylic acids is 1. The molecule has 0 radical (unpaired) electrons. The average molecular weight is 270 g/mol. The van der Waals surface area contributed by atoms with Gasteiger partial charge in [-0.3, -0.25) is 4.79 Å². The van der Waals surface area contributed by atoms with E-state index in [2.05, 4.69) is 5.32 Å². The summed E-state index contributed by atoms with van der Waals surface area (Å²) in [6, 6.07) is 0. The molecule has 0 aromatic carbocycles. The second-order valence-corrected chi connectivity index (χ2v) is 6.41. The first-order valence-electron chi connectivity index (χ1n) is 6.69. The van der Waals surface area contributed by atoms with Crippen molar-refractivity contribution >= 4 is 12.1 Å². The highest BCUT2D eigenvalue weighted by atomic mass is 16.6. The lowest BCUT2D eigenvalue weighted by Gasteiger charge is -2.30. The SMILES string of the molecule is CC(C)(C)OC(=O)N1CC2CNCC(C(=O)O)C2C1. The summed E-state index contributed by atoms with van der Waals surface area (Å²) in [5, 5.41) is 12.4. The number of carboxylic acids is 1. The molecule has 0 aromatic heterocycles. The molecule has 1 amide bonds. The largest absolute Gasteiger partial charge is 0.481 e. The highest BCUT2D eigenvalue weighted by Gasteiger charge is 2.45. The third-order valence-corrected chi connectivity index (χ3v) is 3.75. The summed E-state index contributed by atoms with van der Waals surface area (Å²) < 4.78 is 5.34. The van der Waals surface area contributed by atoms with E-state index in [4.69, 9.17) is 4.74 Å². The van der Waals surface area contributed by atoms with E-state index in [9.17, 15) is 14.7 Å². The van der Waals surface area contributed by atoms with E-state index < -0.39 is 17.5 Å². The lowest BCUT2D eigenvalue weighted by Crippen LogP contribution is -2.46. The monoisotopic (exact) mass is 270 g/mol. The Morgan fingerprint density at radius 3 is 2.53 bits per heavy atom. The van der Waals surface area contributed by atoms with Crippen LogP contribution in [0.5, 0.6) is 0 Å². The molecule has 108 valence electrons. The molecule has 0 spiro atoms. The number of hydrogen-bond donors (Lipinski definition) is 2. The minimum atomic E-state index is -0.784. The summed E-state index contributed by atoms with van der Waals surface area (Å²) in [4.78, 5) is 24.9. The van der Waals surface area contributed by atoms with Crippen molar-refractivity contribution < 1.29 is 19.4 Å². The number of piperidine rings is 1. The Bertz CT molecular complexity index is 377. The summed E-state index contributed by atoms with van der Waals surface area (Å²) >= 11 is 0. The number of fused-ring (bicyclic) bond motifs is 1. The Hall–Kier alpha value is -1.30. The molecule has 19 heavy (non-hydrogen) atoms. The second-order valence-electron chi connectivity index (χ2n) is 6.41. The van der Waals surface area contributed by atoms with E-state index in [-0.39, 0.29) is 17.9 Å². The number of ether oxygens (including phenoxy) is 1. The first-order chi connectivity index (χ1) is 8.78. The summed E-state index contributed by atoms with van der Waals surface area (Å²) in [5.41, 5.74) is -0.519. The fourth-order valence-corrected chi connectivity index (χ4v) is 2.89. The Balaban J connectivity index is 2.01. The predicted octanol–water partition coefficient (Wildman–Crippen LogP) is 0.773. The standard InChI is InChI=1S/C13H22N2O4/c1-13(2,3)19-12(18)15-6-8-4-14-5-9(11(16)17)10(8)7-15/h8-10,14H,4-7H2,1-3H3,(H,16,17). The van der Waals surface area contributed by atoms with Crippen LogP contribution in [0.25, 0.3) is 0 Å². The molecule has 2 fully saturated rings. The highest BCUT2D eigenvalue weighted by Crippen LogP contribution is 2.33. The molecular formula is C13H22N2O4. The fourth-order valence-electron chi connectivity index (χ4n) is 2.89. The van der Waals surface area contributed by atoms with Gasteiger partial charge in [-0.2, -0.15) is 0 Å². The highest BCUT2D eigenvalue weighted by molar-refractivity contribution is 5.72. The number of amides is 1. The number of carboxylic acid groups (broad SMARTS) is 1. The Kier molecular flexibility index (Phi) is 3.71. The zero-order chi connectivity index (χ0) is 14.2. The second kappa shape index (κ2) is 5.00. The minimum absolute atomic E-state index is 0.0336. The maximum atomic E-state index is 12.0. The van der Waals surface area contributed by atoms with Gasteiger partial charge in [-0.05, 0) is 32.6 Å². The molecule has 0 saturated carbocycles. The molecule has 6 nitrogen and oxygen atoms in total. The Labute approximate surface area is 113 Å². The summed E-state index contributed by atoms with van der Waals surface area (Å²) in [5.74, 6) is -0.951. The normalized spacial score (nSPS) is 30.9. The van der Waals surface area contributed by atoms with Crippen molar-refractivity contribution in [2.75, 3.05) is 26.2 Å². The van der Waals surface area contributed by atoms with Gasteiger partial charge in [-0.15, -0.1) is 0 Å². The van der Waals surface area contributed by atoms with E-state index in [1.54, 1.807) is 4.90 Å². The van der Waals surface area contributed by atoms with E-state index in [1.807, 2.05) is 20.8 Å². The van der Waals surface area contributed by atoms with Crippen molar-refractivity contribution in [3.05, 3.63) is 0 Å². The third kappa shape index (κ3) is 3.18. The minimum Gasteiger partial charge on any atom is -0.481 e. The van der Waals surface area contributed by atoms with Crippen LogP contribution in [0.15, 0.2) is 0 Å². The Morgan fingerprint density at radius 1 is 1.26 bits per heavy atom. The number of carbonyl (C=O) groups is 2. The number of likely N-dealkylation sites (tertiary alicyclic amines) is 1. The van der Waals surface area contributed by atoms with Crippen LogP contribution in [-0.2, 0) is 9.53 Å². The van der Waals surface area contributed by atoms with Gasteiger partial charge in [0.25, 0.3) is 0 Å². The van der Waals surface area contributed by atoms with Crippen molar-refractivity contribution in [3.8, 4) is 0 Å². The molecule has 0 bridgehead atoms. The van der Waals surface area contributed by atoms with Gasteiger partial charge in [0.1, 0.15) is 5.60 Å². The maximum absolute atomic E-state index is 12.0. The lowest BCUT2D eigenvalue weighted by molar-refractivity contribution is -0.144. The summed E-state index contributed by atoms with van der Waals surface area (Å²) in [6.45, 7) is 7.81. The van der Waals surface area contributed by atoms with Gasteiger partial charge < -0.3 is 20.1 Å². The van der Waals surface area contributed by atoms with Gasteiger partial charge in [0.2, 0.25) is 0 Å². The van der Waals surface area contributed by atoms with E-state index in [0.717, 1.165) is 6.54 Å². The molecule has 2 heterocycles. The predicted molar refractivity (Wildman–Crippen MR) is 68.8 cm³/mol. The topological polar surface area (TPSA) is 78.9 Å². The third-order valence-electron chi connectivity index (χ3n) is 3.75. The van der Waals surface area contributed by atoms with Gasteiger partial charge in [0.15, 0.2) is 0 Å². The number of nitrogens with zero attached hydrogens (tertiary/aromatic N) is 1. The molecule has 0 aliphatic carbocycles. The smallest absolute Gasteiger partial charge is 0.410 e. The number of rotatable bonds is 1. The van der Waals surface area contributed by atoms with Gasteiger partial charge in [-0.25, -0.2) is 4.79 Å². The van der Waals surface area contributed by atoms with Gasteiger partial charge in [0, 0.05) is 26.2 Å². The molecule has 2 aliphatic rings. The van der Waals surface area contributed by atoms with Crippen molar-refractivity contribution in [2.45, 2.75) is 26.4 Å². The van der Waals surface area contributed by atoms with E-state index in [1.165, 1.54) is 0 Å². The molecule has 3 unspecified atom stereocenters. The molecule has 6 heteroatoms. The summed E-state index contributed by atoms with van der Waals surface area (Å²) in [6.07, 6.45) is -0.342. The first kappa shape index (κ1) is 14.1. The van der Waals surface area contributed by atoms with Crippen LogP contribution < -0.4 is 5.32 Å². The van der Waals surface area contributed by atoms with Crippen molar-refractivity contribution in [1.82, 2.24) is 10.2 Å². The number of hydrogen-bond acceptors (Lipinski definition) is 4. The van der Waals surface area contributed by atoms with Crippen LogP contribution in [0.4, 0.5) is 4.79 Å². The van der Waals surface area contributed by atoms with Crippen molar-refractivity contribution in [2.24, 2.45) is 17.8 Å². The zero-order valence-corrected chi connectivity index (χ0v) is 11.7. The zero-order valence-electron chi connectivity index (χ0n) is 11.7. The number of nitrogens with one attached hydrogen (secondary N) is 1. The van der Waals surface area contributed by atoms with Crippen molar-refractivity contribution in [3.63, 3.8) is 0 Å². The molecular weight excluding hydrogens is 248 g/mol. The molecule has 2 saturated heterocycles. The molecule has 2 aliphatic heterocycles. The molecule has 2 rings (SSSR count). The van der Waals surface area contributed by atoms with Crippen LogP contribution in [0, 0.1) is 17.8 Å². The first-order valence-corrected chi connectivity index (χ1v) is 6.69. The van der Waals surface area contributed by atoms with Crippen molar-refractivity contribution in [1.29, 1.82) is 0 Å². The maximum Gasteiger partial charge on any atom is 0.410 e. The van der Waals surface area contributed by atoms with E-state index >= 15 is 0 Å².